The Morgan fingerprint density at radius 2 is 2.03 bits per heavy atom. The molecule has 2 unspecified atom stereocenters. The maximum atomic E-state index is 14.0. The molecule has 0 bridgehead atoms. The molecule has 2 fully saturated rings. The minimum Gasteiger partial charge on any atom is -0.495 e. The largest absolute Gasteiger partial charge is 0.495 e. The van der Waals surface area contributed by atoms with Gasteiger partial charge in [0.1, 0.15) is 17.1 Å². The molecule has 0 radical (unpaired) electrons. The number of halogens is 1. The molecule has 2 aliphatic heterocycles. The molecule has 6 nitrogen and oxygen atoms in total. The number of aryl methyl sites for hydroxylation is 1. The van der Waals surface area contributed by atoms with Gasteiger partial charge >= 0.3 is 0 Å². The van der Waals surface area contributed by atoms with Crippen molar-refractivity contribution in [2.24, 2.45) is 0 Å². The second-order valence-electron chi connectivity index (χ2n) is 9.42. The lowest BCUT2D eigenvalue weighted by atomic mass is 9.74. The molecule has 2 aliphatic rings. The van der Waals surface area contributed by atoms with Crippen molar-refractivity contribution in [3.05, 3.63) is 77.6 Å². The first-order chi connectivity index (χ1) is 16.4. The molecular formula is C27H31FN4O2. The normalized spacial score (nSPS) is 23.5. The monoisotopic (exact) mass is 462 g/mol. The van der Waals surface area contributed by atoms with Gasteiger partial charge in [0.25, 0.3) is 0 Å². The van der Waals surface area contributed by atoms with Gasteiger partial charge in [0.05, 0.1) is 30.9 Å². The van der Waals surface area contributed by atoms with Crippen LogP contribution in [0.15, 0.2) is 55.0 Å². The van der Waals surface area contributed by atoms with Crippen LogP contribution in [-0.4, -0.2) is 46.1 Å². The highest BCUT2D eigenvalue weighted by Crippen LogP contribution is 2.45. The zero-order valence-corrected chi connectivity index (χ0v) is 19.9. The number of methoxy groups -OCH3 is 1. The first kappa shape index (κ1) is 22.6. The van der Waals surface area contributed by atoms with Crippen LogP contribution in [0, 0.1) is 12.7 Å². The molecule has 1 spiro atoms. The SMILES string of the molecule is COc1cc(C2CCNC23CCCN([C@@H](C)c2ccc(F)cc2)C3=O)ccc1-n1cnc(C)c1. The van der Waals surface area contributed by atoms with E-state index in [1.807, 2.05) is 35.6 Å². The number of piperidine rings is 1. The van der Waals surface area contributed by atoms with E-state index in [1.165, 1.54) is 12.1 Å². The van der Waals surface area contributed by atoms with Crippen LogP contribution in [0.2, 0.25) is 0 Å². The van der Waals surface area contributed by atoms with Crippen molar-refractivity contribution in [3.63, 3.8) is 0 Å². The first-order valence-electron chi connectivity index (χ1n) is 11.9. The van der Waals surface area contributed by atoms with Gasteiger partial charge in [-0.15, -0.1) is 0 Å². The number of nitrogens with one attached hydrogen (secondary N) is 1. The Balaban J connectivity index is 1.46. The van der Waals surface area contributed by atoms with E-state index in [-0.39, 0.29) is 23.7 Å². The number of nitrogens with zero attached hydrogens (tertiary/aromatic N) is 3. The van der Waals surface area contributed by atoms with Gasteiger partial charge in [-0.25, -0.2) is 9.37 Å². The second kappa shape index (κ2) is 8.87. The Morgan fingerprint density at radius 3 is 2.74 bits per heavy atom. The van der Waals surface area contributed by atoms with E-state index in [2.05, 4.69) is 22.4 Å². The highest BCUT2D eigenvalue weighted by Gasteiger charge is 2.53. The molecule has 3 aromatic rings. The van der Waals surface area contributed by atoms with Gasteiger partial charge in [-0.1, -0.05) is 18.2 Å². The number of amides is 1. The number of carbonyl (C=O) groups is 1. The fourth-order valence-corrected chi connectivity index (χ4v) is 5.71. The highest BCUT2D eigenvalue weighted by atomic mass is 19.1. The number of hydrogen-bond donors (Lipinski definition) is 1. The van der Waals surface area contributed by atoms with Crippen LogP contribution < -0.4 is 10.1 Å². The third kappa shape index (κ3) is 3.78. The Bertz CT molecular complexity index is 1190. The molecule has 3 heterocycles. The highest BCUT2D eigenvalue weighted by molar-refractivity contribution is 5.89. The minimum absolute atomic E-state index is 0.0516. The summed E-state index contributed by atoms with van der Waals surface area (Å²) in [6.45, 7) is 5.48. The Kier molecular flexibility index (Phi) is 5.90. The Labute approximate surface area is 199 Å². The summed E-state index contributed by atoms with van der Waals surface area (Å²) in [5, 5.41) is 3.60. The molecule has 5 rings (SSSR count). The molecular weight excluding hydrogens is 431 g/mol. The third-order valence-electron chi connectivity index (χ3n) is 7.50. The van der Waals surface area contributed by atoms with Gasteiger partial charge in [0.2, 0.25) is 5.91 Å². The number of benzene rings is 2. The number of imidazole rings is 1. The lowest BCUT2D eigenvalue weighted by Crippen LogP contribution is -2.61. The number of rotatable bonds is 5. The van der Waals surface area contributed by atoms with Crippen LogP contribution in [-0.2, 0) is 4.79 Å². The lowest BCUT2D eigenvalue weighted by molar-refractivity contribution is -0.144. The molecule has 1 aromatic heterocycles. The summed E-state index contributed by atoms with van der Waals surface area (Å²) in [6.07, 6.45) is 6.36. The van der Waals surface area contributed by atoms with Crippen molar-refractivity contribution in [2.75, 3.05) is 20.2 Å². The van der Waals surface area contributed by atoms with Crippen LogP contribution in [0.1, 0.15) is 55.0 Å². The third-order valence-corrected chi connectivity index (χ3v) is 7.50. The predicted octanol–water partition coefficient (Wildman–Crippen LogP) is 4.53. The van der Waals surface area contributed by atoms with Crippen LogP contribution >= 0.6 is 0 Å². The Hall–Kier alpha value is -3.19. The molecule has 2 saturated heterocycles. The minimum atomic E-state index is -0.634. The molecule has 7 heteroatoms. The number of hydrogen-bond acceptors (Lipinski definition) is 4. The zero-order chi connectivity index (χ0) is 23.9. The van der Waals surface area contributed by atoms with Crippen molar-refractivity contribution in [1.29, 1.82) is 0 Å². The fourth-order valence-electron chi connectivity index (χ4n) is 5.71. The van der Waals surface area contributed by atoms with E-state index in [1.54, 1.807) is 25.6 Å². The van der Waals surface area contributed by atoms with Crippen molar-refractivity contribution in [1.82, 2.24) is 19.8 Å². The van der Waals surface area contributed by atoms with E-state index in [0.29, 0.717) is 6.54 Å². The molecule has 0 aliphatic carbocycles. The number of aromatic nitrogens is 2. The topological polar surface area (TPSA) is 59.4 Å². The summed E-state index contributed by atoms with van der Waals surface area (Å²) in [5.74, 6) is 0.678. The van der Waals surface area contributed by atoms with Crippen LogP contribution in [0.5, 0.6) is 5.75 Å². The van der Waals surface area contributed by atoms with Gasteiger partial charge in [-0.05, 0) is 75.0 Å². The van der Waals surface area contributed by atoms with Crippen molar-refractivity contribution < 1.29 is 13.9 Å². The number of ether oxygens (including phenoxy) is 1. The van der Waals surface area contributed by atoms with Crippen molar-refractivity contribution in [2.45, 2.75) is 50.6 Å². The quantitative estimate of drug-likeness (QED) is 0.605. The van der Waals surface area contributed by atoms with E-state index < -0.39 is 5.54 Å². The standard InChI is InChI=1S/C27H31FN4O2/c1-18-16-31(17-29-18)24-10-7-21(15-25(24)34-3)23-11-13-30-27(23)12-4-14-32(26(27)33)19(2)20-5-8-22(28)9-6-20/h5-10,15-17,19,23,30H,4,11-14H2,1-3H3/t19-,23?,27?/m0/s1. The molecule has 2 aromatic carbocycles. The lowest BCUT2D eigenvalue weighted by Gasteiger charge is -2.45. The summed E-state index contributed by atoms with van der Waals surface area (Å²) in [4.78, 5) is 20.3. The van der Waals surface area contributed by atoms with Crippen molar-refractivity contribution >= 4 is 5.91 Å². The van der Waals surface area contributed by atoms with E-state index in [0.717, 1.165) is 54.1 Å². The van der Waals surface area contributed by atoms with E-state index in [9.17, 15) is 9.18 Å². The zero-order valence-electron chi connectivity index (χ0n) is 19.9. The maximum Gasteiger partial charge on any atom is 0.244 e. The summed E-state index contributed by atoms with van der Waals surface area (Å²) >= 11 is 0. The van der Waals surface area contributed by atoms with Gasteiger partial charge in [-0.3, -0.25) is 4.79 Å². The summed E-state index contributed by atoms with van der Waals surface area (Å²) < 4.78 is 21.1. The predicted molar refractivity (Wildman–Crippen MR) is 129 cm³/mol. The molecule has 3 atom stereocenters. The van der Waals surface area contributed by atoms with Gasteiger partial charge in [-0.2, -0.15) is 0 Å². The number of likely N-dealkylation sites (tertiary alicyclic amines) is 1. The van der Waals surface area contributed by atoms with Crippen LogP contribution in [0.3, 0.4) is 0 Å². The number of carbonyl (C=O) groups excluding carboxylic acids is 1. The molecule has 0 saturated carbocycles. The smallest absolute Gasteiger partial charge is 0.244 e. The molecule has 1 N–H and O–H groups in total. The molecule has 1 amide bonds. The van der Waals surface area contributed by atoms with Gasteiger partial charge < -0.3 is 19.5 Å². The Morgan fingerprint density at radius 1 is 1.24 bits per heavy atom. The maximum absolute atomic E-state index is 14.0. The summed E-state index contributed by atoms with van der Waals surface area (Å²) in [7, 11) is 1.67. The van der Waals surface area contributed by atoms with Crippen LogP contribution in [0.25, 0.3) is 5.69 Å². The summed E-state index contributed by atoms with van der Waals surface area (Å²) in [5.41, 5.74) is 3.28. The van der Waals surface area contributed by atoms with E-state index >= 15 is 0 Å². The summed E-state index contributed by atoms with van der Waals surface area (Å²) in [6, 6.07) is 12.6. The average Bonchev–Trinajstić information content (AvgIpc) is 3.47. The van der Waals surface area contributed by atoms with Gasteiger partial charge in [0.15, 0.2) is 0 Å². The van der Waals surface area contributed by atoms with Crippen LogP contribution in [0.4, 0.5) is 4.39 Å². The fraction of sp³-hybridized carbons (Fsp3) is 0.407. The molecule has 34 heavy (non-hydrogen) atoms. The van der Waals surface area contributed by atoms with Crippen molar-refractivity contribution in [3.8, 4) is 11.4 Å². The molecule has 178 valence electrons. The second-order valence-corrected chi connectivity index (χ2v) is 9.42. The first-order valence-corrected chi connectivity index (χ1v) is 11.9. The average molecular weight is 463 g/mol. The van der Waals surface area contributed by atoms with E-state index in [4.69, 9.17) is 4.74 Å². The van der Waals surface area contributed by atoms with Gasteiger partial charge in [0, 0.05) is 18.7 Å².